The summed E-state index contributed by atoms with van der Waals surface area (Å²) in [6, 6.07) is 4.24. The fourth-order valence-electron chi connectivity index (χ4n) is 2.24. The van der Waals surface area contributed by atoms with E-state index >= 15 is 0 Å². The number of amides is 1. The van der Waals surface area contributed by atoms with E-state index in [1.54, 1.807) is 0 Å². The van der Waals surface area contributed by atoms with Crippen molar-refractivity contribution in [1.82, 2.24) is 19.9 Å². The Bertz CT molecular complexity index is 887. The van der Waals surface area contributed by atoms with E-state index in [-0.39, 0.29) is 24.7 Å². The van der Waals surface area contributed by atoms with Gasteiger partial charge in [-0.15, -0.1) is 0 Å². The average Bonchev–Trinajstić information content (AvgIpc) is 2.48. The van der Waals surface area contributed by atoms with Crippen LogP contribution in [0, 0.1) is 0 Å². The number of alkyl halides is 3. The summed E-state index contributed by atoms with van der Waals surface area (Å²) in [7, 11) is 0. The van der Waals surface area contributed by atoms with E-state index in [2.05, 4.69) is 9.97 Å². The van der Waals surface area contributed by atoms with E-state index in [1.165, 1.54) is 17.0 Å². The maximum atomic E-state index is 12.6. The van der Waals surface area contributed by atoms with Crippen molar-refractivity contribution >= 4 is 5.91 Å². The van der Waals surface area contributed by atoms with E-state index in [9.17, 15) is 27.6 Å². The molecule has 2 aromatic heterocycles. The summed E-state index contributed by atoms with van der Waals surface area (Å²) >= 11 is 0. The van der Waals surface area contributed by atoms with Crippen LogP contribution in [0.1, 0.15) is 16.2 Å². The number of hydrogen-bond acceptors (Lipinski definition) is 5. The van der Waals surface area contributed by atoms with Crippen LogP contribution >= 0.6 is 0 Å². The molecule has 132 valence electrons. The third-order valence-corrected chi connectivity index (χ3v) is 3.43. The minimum Gasteiger partial charge on any atom is -0.471 e. The number of halogens is 3. The van der Waals surface area contributed by atoms with Crippen molar-refractivity contribution in [3.8, 4) is 5.88 Å². The van der Waals surface area contributed by atoms with Gasteiger partial charge in [-0.3, -0.25) is 14.6 Å². The number of ether oxygens (including phenoxy) is 1. The Balaban J connectivity index is 1.62. The van der Waals surface area contributed by atoms with Crippen LogP contribution in [-0.2, 0) is 6.18 Å². The van der Waals surface area contributed by atoms with Crippen LogP contribution < -0.4 is 16.0 Å². The molecule has 2 aromatic rings. The molecule has 0 unspecified atom stereocenters. The molecule has 25 heavy (non-hydrogen) atoms. The van der Waals surface area contributed by atoms with Crippen molar-refractivity contribution in [1.29, 1.82) is 0 Å². The third-order valence-electron chi connectivity index (χ3n) is 3.43. The molecule has 0 aliphatic carbocycles. The lowest BCUT2D eigenvalue weighted by Gasteiger charge is -2.38. The number of pyridine rings is 1. The highest BCUT2D eigenvalue weighted by Crippen LogP contribution is 2.29. The number of nitrogens with zero attached hydrogens (tertiary/aromatic N) is 2. The van der Waals surface area contributed by atoms with E-state index in [1.807, 2.05) is 4.98 Å². The third kappa shape index (κ3) is 3.70. The monoisotopic (exact) mass is 356 g/mol. The van der Waals surface area contributed by atoms with Crippen LogP contribution in [0.3, 0.4) is 0 Å². The molecule has 11 heteroatoms. The topological polar surface area (TPSA) is 108 Å². The molecule has 1 saturated heterocycles. The smallest absolute Gasteiger partial charge is 0.433 e. The Hall–Kier alpha value is -3.11. The van der Waals surface area contributed by atoms with Gasteiger partial charge in [0.15, 0.2) is 0 Å². The molecule has 1 aliphatic rings. The molecule has 1 amide bonds. The molecular weight excluding hydrogens is 345 g/mol. The number of nitrogens with one attached hydrogen (secondary N) is 2. The first-order chi connectivity index (χ1) is 11.7. The fourth-order valence-corrected chi connectivity index (χ4v) is 2.24. The van der Waals surface area contributed by atoms with E-state index in [0.717, 1.165) is 12.1 Å². The molecule has 1 aliphatic heterocycles. The molecule has 3 rings (SSSR count). The van der Waals surface area contributed by atoms with Crippen molar-refractivity contribution < 1.29 is 22.7 Å². The van der Waals surface area contributed by atoms with Gasteiger partial charge in [0.25, 0.3) is 11.5 Å². The lowest BCUT2D eigenvalue weighted by molar-refractivity contribution is -0.141. The van der Waals surface area contributed by atoms with Crippen LogP contribution in [0.4, 0.5) is 13.2 Å². The van der Waals surface area contributed by atoms with Gasteiger partial charge in [0.05, 0.1) is 13.1 Å². The molecule has 0 saturated carbocycles. The van der Waals surface area contributed by atoms with Crippen molar-refractivity contribution in [2.75, 3.05) is 13.1 Å². The van der Waals surface area contributed by atoms with Crippen LogP contribution in [0.25, 0.3) is 0 Å². The van der Waals surface area contributed by atoms with Gasteiger partial charge in [-0.05, 0) is 6.07 Å². The van der Waals surface area contributed by atoms with E-state index in [4.69, 9.17) is 4.74 Å². The number of H-pyrrole nitrogens is 2. The van der Waals surface area contributed by atoms with Gasteiger partial charge in [-0.2, -0.15) is 13.2 Å². The summed E-state index contributed by atoms with van der Waals surface area (Å²) in [5.41, 5.74) is -2.77. The van der Waals surface area contributed by atoms with Crippen molar-refractivity contribution in [3.63, 3.8) is 0 Å². The van der Waals surface area contributed by atoms with Crippen LogP contribution in [0.2, 0.25) is 0 Å². The molecule has 3 heterocycles. The predicted octanol–water partition coefficient (Wildman–Crippen LogP) is 0.380. The summed E-state index contributed by atoms with van der Waals surface area (Å²) < 4.78 is 43.1. The molecule has 8 nitrogen and oxygen atoms in total. The number of carbonyl (C=O) groups is 1. The maximum absolute atomic E-state index is 12.6. The summed E-state index contributed by atoms with van der Waals surface area (Å²) in [6.45, 7) is 0.178. The standard InChI is InChI=1S/C14H11F3N4O4/c15-14(16,17)9-2-1-3-11(19-9)25-7-5-21(6-7)12(23)8-4-10(22)20-13(24)18-8/h1-4,7H,5-6H2,(H2,18,20,22,24). The minimum atomic E-state index is -4.58. The Kier molecular flexibility index (Phi) is 4.07. The van der Waals surface area contributed by atoms with Crippen molar-refractivity contribution in [3.05, 3.63) is 56.5 Å². The maximum Gasteiger partial charge on any atom is 0.433 e. The van der Waals surface area contributed by atoms with Gasteiger partial charge in [-0.25, -0.2) is 9.78 Å². The molecule has 0 atom stereocenters. The first-order valence-electron chi connectivity index (χ1n) is 7.06. The zero-order valence-corrected chi connectivity index (χ0v) is 12.5. The van der Waals surface area contributed by atoms with Gasteiger partial charge in [-0.1, -0.05) is 6.07 Å². The number of hydrogen-bond donors (Lipinski definition) is 2. The van der Waals surface area contributed by atoms with Crippen molar-refractivity contribution in [2.24, 2.45) is 0 Å². The number of likely N-dealkylation sites (tertiary alicyclic amines) is 1. The Morgan fingerprint density at radius 1 is 1.24 bits per heavy atom. The van der Waals surface area contributed by atoms with Gasteiger partial charge >= 0.3 is 11.9 Å². The second-order valence-corrected chi connectivity index (χ2v) is 5.31. The summed E-state index contributed by atoms with van der Waals surface area (Å²) in [5.74, 6) is -0.781. The first kappa shape index (κ1) is 16.7. The molecule has 0 radical (unpaired) electrons. The molecule has 0 aromatic carbocycles. The molecular formula is C14H11F3N4O4. The average molecular weight is 356 g/mol. The highest BCUT2D eigenvalue weighted by molar-refractivity contribution is 5.92. The highest BCUT2D eigenvalue weighted by atomic mass is 19.4. The van der Waals surface area contributed by atoms with Crippen LogP contribution in [0.5, 0.6) is 5.88 Å². The van der Waals surface area contributed by atoms with Gasteiger partial charge < -0.3 is 14.6 Å². The molecule has 2 N–H and O–H groups in total. The largest absolute Gasteiger partial charge is 0.471 e. The van der Waals surface area contributed by atoms with Crippen molar-refractivity contribution in [2.45, 2.75) is 12.3 Å². The van der Waals surface area contributed by atoms with E-state index < -0.39 is 35.1 Å². The lowest BCUT2D eigenvalue weighted by atomic mass is 10.1. The summed E-state index contributed by atoms with van der Waals surface area (Å²) in [6.07, 6.45) is -5.11. The van der Waals surface area contributed by atoms with Gasteiger partial charge in [0.2, 0.25) is 5.88 Å². The number of aromatic amines is 2. The molecule has 0 spiro atoms. The highest BCUT2D eigenvalue weighted by Gasteiger charge is 2.35. The minimum absolute atomic E-state index is 0.0889. The fraction of sp³-hybridized carbons (Fsp3) is 0.286. The SMILES string of the molecule is O=C(c1cc(=O)[nH]c(=O)[nH]1)N1CC(Oc2cccc(C(F)(F)F)n2)C1. The number of aromatic nitrogens is 3. The Labute approximate surface area is 137 Å². The number of rotatable bonds is 3. The summed E-state index contributed by atoms with van der Waals surface area (Å²) in [4.78, 5) is 43.2. The molecule has 1 fully saturated rings. The zero-order valence-electron chi connectivity index (χ0n) is 12.5. The summed E-state index contributed by atoms with van der Waals surface area (Å²) in [5, 5.41) is 0. The van der Waals surface area contributed by atoms with Gasteiger partial charge in [0.1, 0.15) is 17.5 Å². The molecule has 0 bridgehead atoms. The lowest BCUT2D eigenvalue weighted by Crippen LogP contribution is -2.56. The second kappa shape index (κ2) is 6.07. The second-order valence-electron chi connectivity index (χ2n) is 5.31. The zero-order chi connectivity index (χ0) is 18.2. The normalized spacial score (nSPS) is 14.9. The predicted molar refractivity (Wildman–Crippen MR) is 77.2 cm³/mol. The Morgan fingerprint density at radius 2 is 1.96 bits per heavy atom. The van der Waals surface area contributed by atoms with Crippen LogP contribution in [0.15, 0.2) is 33.9 Å². The quantitative estimate of drug-likeness (QED) is 0.827. The van der Waals surface area contributed by atoms with Crippen LogP contribution in [-0.4, -0.2) is 45.0 Å². The first-order valence-corrected chi connectivity index (χ1v) is 7.06. The van der Waals surface area contributed by atoms with Gasteiger partial charge in [0, 0.05) is 12.1 Å². The van der Waals surface area contributed by atoms with E-state index in [0.29, 0.717) is 0 Å². The number of carbonyl (C=O) groups excluding carboxylic acids is 1. The Morgan fingerprint density at radius 3 is 2.60 bits per heavy atom.